The van der Waals surface area contributed by atoms with Gasteiger partial charge in [-0.25, -0.2) is 4.72 Å². The molecule has 0 bridgehead atoms. The van der Waals surface area contributed by atoms with E-state index in [1.807, 2.05) is 0 Å². The normalized spacial score (nSPS) is 26.5. The Kier molecular flexibility index (Phi) is 6.43. The number of hydrogen-bond donors (Lipinski definition) is 1. The van der Waals surface area contributed by atoms with E-state index in [2.05, 4.69) is 16.5 Å². The highest BCUT2D eigenvalue weighted by Gasteiger charge is 2.28. The molecule has 2 saturated heterocycles. The van der Waals surface area contributed by atoms with E-state index in [1.54, 1.807) is 11.4 Å². The largest absolute Gasteiger partial charge is 0.383 e. The third kappa shape index (κ3) is 5.17. The van der Waals surface area contributed by atoms with Crippen molar-refractivity contribution in [3.05, 3.63) is 0 Å². The maximum Gasteiger partial charge on any atom is 0.279 e. The van der Waals surface area contributed by atoms with E-state index in [9.17, 15) is 8.42 Å². The van der Waals surface area contributed by atoms with E-state index in [0.717, 1.165) is 45.5 Å². The molecule has 21 heavy (non-hydrogen) atoms. The first-order chi connectivity index (χ1) is 10.0. The fraction of sp³-hybridized carbons (Fsp3) is 1.00. The molecule has 2 fully saturated rings. The van der Waals surface area contributed by atoms with Crippen LogP contribution in [0, 0.1) is 11.8 Å². The SMILES string of the molecule is COCCN1CCC(CNS(=O)(=O)N2CCC(C)CC2)C1. The zero-order valence-electron chi connectivity index (χ0n) is 13.3. The molecule has 0 aromatic rings. The Morgan fingerprint density at radius 1 is 1.19 bits per heavy atom. The fourth-order valence-corrected chi connectivity index (χ4v) is 4.36. The van der Waals surface area contributed by atoms with Gasteiger partial charge in [-0.1, -0.05) is 6.92 Å². The van der Waals surface area contributed by atoms with Gasteiger partial charge in [0, 0.05) is 39.8 Å². The van der Waals surface area contributed by atoms with Crippen LogP contribution in [0.2, 0.25) is 0 Å². The van der Waals surface area contributed by atoms with Gasteiger partial charge < -0.3 is 9.64 Å². The summed E-state index contributed by atoms with van der Waals surface area (Å²) in [6.07, 6.45) is 2.99. The number of piperidine rings is 1. The Bertz CT molecular complexity index is 408. The molecule has 2 aliphatic heterocycles. The molecule has 2 aliphatic rings. The molecule has 6 nitrogen and oxygen atoms in total. The summed E-state index contributed by atoms with van der Waals surface area (Å²) < 4.78 is 34.1. The van der Waals surface area contributed by atoms with Crippen molar-refractivity contribution >= 4 is 10.2 Å². The molecule has 0 aromatic carbocycles. The van der Waals surface area contributed by atoms with E-state index < -0.39 is 10.2 Å². The molecule has 2 heterocycles. The summed E-state index contributed by atoms with van der Waals surface area (Å²) in [5.74, 6) is 1.06. The molecule has 2 rings (SSSR count). The van der Waals surface area contributed by atoms with Crippen LogP contribution in [0.5, 0.6) is 0 Å². The van der Waals surface area contributed by atoms with Gasteiger partial charge in [0.25, 0.3) is 10.2 Å². The minimum absolute atomic E-state index is 0.417. The van der Waals surface area contributed by atoms with Gasteiger partial charge in [0.05, 0.1) is 6.61 Å². The van der Waals surface area contributed by atoms with Gasteiger partial charge in [0.2, 0.25) is 0 Å². The van der Waals surface area contributed by atoms with Crippen molar-refractivity contribution in [2.75, 3.05) is 53.0 Å². The predicted molar refractivity (Wildman–Crippen MR) is 83.3 cm³/mol. The fourth-order valence-electron chi connectivity index (χ4n) is 3.04. The highest BCUT2D eigenvalue weighted by Crippen LogP contribution is 2.19. The molecule has 0 aliphatic carbocycles. The predicted octanol–water partition coefficient (Wildman–Crippen LogP) is 0.521. The lowest BCUT2D eigenvalue weighted by molar-refractivity contribution is 0.159. The van der Waals surface area contributed by atoms with Crippen LogP contribution in [-0.2, 0) is 14.9 Å². The summed E-state index contributed by atoms with van der Waals surface area (Å²) in [7, 11) is -1.58. The van der Waals surface area contributed by atoms with E-state index in [1.165, 1.54) is 0 Å². The molecule has 0 saturated carbocycles. The van der Waals surface area contributed by atoms with Crippen molar-refractivity contribution in [2.45, 2.75) is 26.2 Å². The second-order valence-corrected chi connectivity index (χ2v) is 8.14. The van der Waals surface area contributed by atoms with Crippen LogP contribution >= 0.6 is 0 Å². The average molecular weight is 319 g/mol. The minimum Gasteiger partial charge on any atom is -0.383 e. The molecule has 124 valence electrons. The van der Waals surface area contributed by atoms with Crippen molar-refractivity contribution in [3.63, 3.8) is 0 Å². The molecule has 1 N–H and O–H groups in total. The summed E-state index contributed by atoms with van der Waals surface area (Å²) in [6, 6.07) is 0. The number of hydrogen-bond acceptors (Lipinski definition) is 4. The summed E-state index contributed by atoms with van der Waals surface area (Å²) in [5, 5.41) is 0. The van der Waals surface area contributed by atoms with E-state index in [-0.39, 0.29) is 0 Å². The number of nitrogens with one attached hydrogen (secondary N) is 1. The first-order valence-corrected chi connectivity index (χ1v) is 9.41. The van der Waals surface area contributed by atoms with Crippen LogP contribution in [0.1, 0.15) is 26.2 Å². The topological polar surface area (TPSA) is 61.9 Å². The third-order valence-corrected chi connectivity index (χ3v) is 6.19. The quantitative estimate of drug-likeness (QED) is 0.743. The van der Waals surface area contributed by atoms with Crippen LogP contribution in [0.15, 0.2) is 0 Å². The van der Waals surface area contributed by atoms with Gasteiger partial charge in [0.15, 0.2) is 0 Å². The molecule has 0 amide bonds. The van der Waals surface area contributed by atoms with Gasteiger partial charge in [0.1, 0.15) is 0 Å². The monoisotopic (exact) mass is 319 g/mol. The number of nitrogens with zero attached hydrogens (tertiary/aromatic N) is 2. The smallest absolute Gasteiger partial charge is 0.279 e. The molecule has 0 spiro atoms. The lowest BCUT2D eigenvalue weighted by atomic mass is 10.0. The zero-order valence-corrected chi connectivity index (χ0v) is 14.1. The Hall–Kier alpha value is -0.210. The number of rotatable bonds is 7. The zero-order chi connectivity index (χ0) is 15.3. The Morgan fingerprint density at radius 3 is 2.57 bits per heavy atom. The van der Waals surface area contributed by atoms with Crippen LogP contribution < -0.4 is 4.72 Å². The Labute approximate surface area is 129 Å². The Morgan fingerprint density at radius 2 is 1.90 bits per heavy atom. The second-order valence-electron chi connectivity index (χ2n) is 6.38. The van der Waals surface area contributed by atoms with Gasteiger partial charge >= 0.3 is 0 Å². The number of ether oxygens (including phenoxy) is 1. The van der Waals surface area contributed by atoms with Gasteiger partial charge in [-0.3, -0.25) is 0 Å². The highest BCUT2D eigenvalue weighted by atomic mass is 32.2. The van der Waals surface area contributed by atoms with Crippen molar-refractivity contribution in [1.29, 1.82) is 0 Å². The standard InChI is InChI=1S/C14H29N3O3S/c1-13-3-7-17(8-4-13)21(18,19)15-11-14-5-6-16(12-14)9-10-20-2/h13-15H,3-12H2,1-2H3. The van der Waals surface area contributed by atoms with Crippen LogP contribution in [-0.4, -0.2) is 70.6 Å². The lowest BCUT2D eigenvalue weighted by Gasteiger charge is -2.29. The lowest BCUT2D eigenvalue weighted by Crippen LogP contribution is -2.46. The van der Waals surface area contributed by atoms with Crippen molar-refractivity contribution in [3.8, 4) is 0 Å². The summed E-state index contributed by atoms with van der Waals surface area (Å²) in [6.45, 7) is 7.72. The van der Waals surface area contributed by atoms with Gasteiger partial charge in [-0.05, 0) is 37.6 Å². The van der Waals surface area contributed by atoms with E-state index in [0.29, 0.717) is 31.5 Å². The van der Waals surface area contributed by atoms with Crippen molar-refractivity contribution in [2.24, 2.45) is 11.8 Å². The molecule has 7 heteroatoms. The number of methoxy groups -OCH3 is 1. The maximum atomic E-state index is 12.3. The minimum atomic E-state index is -3.29. The first kappa shape index (κ1) is 17.1. The summed E-state index contributed by atoms with van der Waals surface area (Å²) in [5.41, 5.74) is 0. The van der Waals surface area contributed by atoms with Crippen LogP contribution in [0.4, 0.5) is 0 Å². The van der Waals surface area contributed by atoms with Crippen LogP contribution in [0.25, 0.3) is 0 Å². The molecule has 0 aromatic heterocycles. The molecule has 1 atom stereocenters. The summed E-state index contributed by atoms with van der Waals surface area (Å²) >= 11 is 0. The van der Waals surface area contributed by atoms with E-state index in [4.69, 9.17) is 4.74 Å². The molecule has 0 radical (unpaired) electrons. The molecular formula is C14H29N3O3S. The number of likely N-dealkylation sites (tertiary alicyclic amines) is 1. The van der Waals surface area contributed by atoms with Gasteiger partial charge in [-0.15, -0.1) is 0 Å². The van der Waals surface area contributed by atoms with Crippen molar-refractivity contribution in [1.82, 2.24) is 13.9 Å². The average Bonchev–Trinajstić information content (AvgIpc) is 2.91. The van der Waals surface area contributed by atoms with E-state index >= 15 is 0 Å². The van der Waals surface area contributed by atoms with Crippen LogP contribution in [0.3, 0.4) is 0 Å². The molecular weight excluding hydrogens is 290 g/mol. The molecule has 1 unspecified atom stereocenters. The maximum absolute atomic E-state index is 12.3. The summed E-state index contributed by atoms with van der Waals surface area (Å²) in [4.78, 5) is 2.34. The third-order valence-electron chi connectivity index (χ3n) is 4.62. The Balaban J connectivity index is 1.72. The first-order valence-electron chi connectivity index (χ1n) is 7.97. The van der Waals surface area contributed by atoms with Crippen molar-refractivity contribution < 1.29 is 13.2 Å². The highest BCUT2D eigenvalue weighted by molar-refractivity contribution is 7.87. The second kappa shape index (κ2) is 7.87. The van der Waals surface area contributed by atoms with Gasteiger partial charge in [-0.2, -0.15) is 12.7 Å².